The molecule has 78 valence electrons. The minimum absolute atomic E-state index is 0.772. The number of hydrogen-bond acceptors (Lipinski definition) is 3. The van der Waals surface area contributed by atoms with E-state index in [9.17, 15) is 0 Å². The molecule has 0 aliphatic rings. The lowest BCUT2D eigenvalue weighted by molar-refractivity contribution is 0.341. The molecule has 0 aliphatic heterocycles. The van der Waals surface area contributed by atoms with E-state index >= 15 is 0 Å². The van der Waals surface area contributed by atoms with Crippen LogP contribution in [-0.4, -0.2) is 44.8 Å². The molecule has 0 aromatic heterocycles. The summed E-state index contributed by atoms with van der Waals surface area (Å²) >= 11 is 0. The van der Waals surface area contributed by atoms with E-state index in [4.69, 9.17) is 8.85 Å². The molecule has 6 heteroatoms. The van der Waals surface area contributed by atoms with Gasteiger partial charge in [-0.05, 0) is 26.2 Å². The van der Waals surface area contributed by atoms with E-state index in [1.807, 2.05) is 0 Å². The van der Waals surface area contributed by atoms with Crippen molar-refractivity contribution in [1.82, 2.24) is 3.90 Å². The Morgan fingerprint density at radius 1 is 0.923 bits per heavy atom. The van der Waals surface area contributed by atoms with Crippen molar-refractivity contribution in [2.75, 3.05) is 14.2 Å². The predicted molar refractivity (Wildman–Crippen MR) is 62.4 cm³/mol. The predicted octanol–water partition coefficient (Wildman–Crippen LogP) is 1.65. The lowest BCUT2D eigenvalue weighted by Gasteiger charge is -2.43. The van der Waals surface area contributed by atoms with Gasteiger partial charge in [0.05, 0.1) is 0 Å². The smallest absolute Gasteiger partial charge is 0.253 e. The third-order valence-electron chi connectivity index (χ3n) is 2.30. The van der Waals surface area contributed by atoms with Crippen LogP contribution >= 0.6 is 0 Å². The molecule has 0 saturated heterocycles. The van der Waals surface area contributed by atoms with Crippen LogP contribution < -0.4 is 0 Å². The molecule has 0 aliphatic carbocycles. The highest BCUT2D eigenvalue weighted by Gasteiger charge is 2.41. The van der Waals surface area contributed by atoms with Gasteiger partial charge in [-0.25, -0.2) is 0 Å². The van der Waals surface area contributed by atoms with Crippen molar-refractivity contribution in [1.29, 1.82) is 0 Å². The second-order valence-electron chi connectivity index (χ2n) is 3.86. The Balaban J connectivity index is 4.69. The first-order chi connectivity index (χ1) is 5.81. The summed E-state index contributed by atoms with van der Waals surface area (Å²) in [6.07, 6.45) is 0. The first-order valence-corrected chi connectivity index (χ1v) is 11.6. The molecular formula is C7H21NO2Si3. The van der Waals surface area contributed by atoms with E-state index < -0.39 is 17.0 Å². The number of rotatable bonds is 5. The van der Waals surface area contributed by atoms with Crippen molar-refractivity contribution < 1.29 is 8.85 Å². The van der Waals surface area contributed by atoms with Gasteiger partial charge >= 0.3 is 0 Å². The molecule has 0 atom stereocenters. The summed E-state index contributed by atoms with van der Waals surface area (Å²) in [6.45, 7) is 11.1. The minimum Gasteiger partial charge on any atom is -0.407 e. The monoisotopic (exact) mass is 235 g/mol. The molecule has 2 radical (unpaired) electrons. The lowest BCUT2D eigenvalue weighted by atomic mass is 11.8. The van der Waals surface area contributed by atoms with E-state index in [-0.39, 0.29) is 0 Å². The minimum atomic E-state index is -1.68. The second-order valence-corrected chi connectivity index (χ2v) is 13.6. The van der Waals surface area contributed by atoms with Crippen LogP contribution in [0.3, 0.4) is 0 Å². The highest BCUT2D eigenvalue weighted by Crippen LogP contribution is 2.19. The van der Waals surface area contributed by atoms with Gasteiger partial charge in [0.2, 0.25) is 0 Å². The Morgan fingerprint density at radius 2 is 1.23 bits per heavy atom. The van der Waals surface area contributed by atoms with Crippen molar-refractivity contribution in [3.8, 4) is 0 Å². The fourth-order valence-corrected chi connectivity index (χ4v) is 12.3. The van der Waals surface area contributed by atoms with Crippen LogP contribution in [0.1, 0.15) is 0 Å². The van der Waals surface area contributed by atoms with E-state index in [0.29, 0.717) is 0 Å². The highest BCUT2D eigenvalue weighted by molar-refractivity contribution is 6.91. The van der Waals surface area contributed by atoms with E-state index in [1.54, 1.807) is 14.2 Å². The maximum atomic E-state index is 5.61. The summed E-state index contributed by atoms with van der Waals surface area (Å²) in [5, 5.41) is 0. The average molecular weight is 236 g/mol. The Morgan fingerprint density at radius 3 is 1.38 bits per heavy atom. The molecule has 13 heavy (non-hydrogen) atoms. The largest absolute Gasteiger partial charge is 0.407 e. The Kier molecular flexibility index (Phi) is 5.05. The third-order valence-corrected chi connectivity index (χ3v) is 14.7. The van der Waals surface area contributed by atoms with Gasteiger partial charge in [-0.1, -0.05) is 6.55 Å². The molecule has 0 heterocycles. The first-order valence-electron chi connectivity index (χ1n) is 4.40. The van der Waals surface area contributed by atoms with Crippen LogP contribution in [0.4, 0.5) is 0 Å². The molecular weight excluding hydrogens is 214 g/mol. The molecule has 0 bridgehead atoms. The van der Waals surface area contributed by atoms with Gasteiger partial charge in [0.1, 0.15) is 9.68 Å². The molecule has 0 spiro atoms. The topological polar surface area (TPSA) is 21.7 Å². The lowest BCUT2D eigenvalue weighted by Crippen LogP contribution is -2.65. The maximum absolute atomic E-state index is 5.61. The number of nitrogens with zero attached hydrogens (tertiary/aromatic N) is 1. The summed E-state index contributed by atoms with van der Waals surface area (Å²) in [6, 6.07) is 0. The highest BCUT2D eigenvalue weighted by atomic mass is 28.5. The van der Waals surface area contributed by atoms with Crippen LogP contribution in [0.2, 0.25) is 32.7 Å². The summed E-state index contributed by atoms with van der Waals surface area (Å²) in [4.78, 5) is 0. The van der Waals surface area contributed by atoms with Crippen molar-refractivity contribution in [3.63, 3.8) is 0 Å². The summed E-state index contributed by atoms with van der Waals surface area (Å²) in [7, 11) is 1.02. The summed E-state index contributed by atoms with van der Waals surface area (Å²) in [5.41, 5.74) is 0. The van der Waals surface area contributed by atoms with Crippen LogP contribution in [0.15, 0.2) is 0 Å². The molecule has 0 unspecified atom stereocenters. The molecule has 0 aromatic carbocycles. The molecule has 3 nitrogen and oxygen atoms in total. The standard InChI is InChI=1S/C7H21NO2Si3/c1-9-12(4,5)8(11-3)13(6,7)10-2/h1-7H3. The quantitative estimate of drug-likeness (QED) is 0.677. The fourth-order valence-electron chi connectivity index (χ4n) is 1.37. The maximum Gasteiger partial charge on any atom is 0.253 e. The van der Waals surface area contributed by atoms with Gasteiger partial charge in [-0.2, -0.15) is 0 Å². The van der Waals surface area contributed by atoms with Crippen LogP contribution in [-0.2, 0) is 8.85 Å². The molecule has 0 rings (SSSR count). The number of hydrogen-bond donors (Lipinski definition) is 0. The van der Waals surface area contributed by atoms with E-state index in [2.05, 4.69) is 36.6 Å². The third kappa shape index (κ3) is 3.30. The second kappa shape index (κ2) is 4.85. The van der Waals surface area contributed by atoms with Crippen LogP contribution in [0.25, 0.3) is 0 Å². The zero-order valence-corrected chi connectivity index (χ0v) is 12.8. The molecule has 0 saturated carbocycles. The summed E-state index contributed by atoms with van der Waals surface area (Å²) < 4.78 is 13.7. The Bertz CT molecular complexity index is 148. The van der Waals surface area contributed by atoms with Gasteiger partial charge < -0.3 is 12.7 Å². The van der Waals surface area contributed by atoms with Crippen molar-refractivity contribution in [2.24, 2.45) is 0 Å². The molecule has 0 N–H and O–H groups in total. The average Bonchev–Trinajstić information content (AvgIpc) is 2.05. The van der Waals surface area contributed by atoms with Gasteiger partial charge in [0, 0.05) is 14.2 Å². The van der Waals surface area contributed by atoms with Crippen molar-refractivity contribution >= 4 is 26.6 Å². The summed E-state index contributed by atoms with van der Waals surface area (Å²) in [5.74, 6) is 0. The van der Waals surface area contributed by atoms with Gasteiger partial charge in [-0.15, -0.1) is 0 Å². The van der Waals surface area contributed by atoms with Crippen molar-refractivity contribution in [2.45, 2.75) is 32.7 Å². The Labute approximate surface area is 86.7 Å². The van der Waals surface area contributed by atoms with E-state index in [0.717, 1.165) is 9.68 Å². The SMILES string of the molecule is CO[Si](C)(C)N([Si]C)[Si](C)(C)OC. The van der Waals surface area contributed by atoms with Crippen LogP contribution in [0, 0.1) is 0 Å². The van der Waals surface area contributed by atoms with Gasteiger partial charge in [0.25, 0.3) is 17.0 Å². The zero-order chi connectivity index (χ0) is 10.7. The Hall–Kier alpha value is 0.531. The van der Waals surface area contributed by atoms with Gasteiger partial charge in [0.15, 0.2) is 0 Å². The molecule has 0 amide bonds. The fraction of sp³-hybridized carbons (Fsp3) is 1.00. The van der Waals surface area contributed by atoms with Crippen molar-refractivity contribution in [3.05, 3.63) is 0 Å². The van der Waals surface area contributed by atoms with E-state index in [1.165, 1.54) is 0 Å². The molecule has 0 aromatic rings. The normalized spacial score (nSPS) is 13.8. The molecule has 0 fully saturated rings. The first kappa shape index (κ1) is 13.5. The van der Waals surface area contributed by atoms with Gasteiger partial charge in [-0.3, -0.25) is 0 Å². The zero-order valence-electron chi connectivity index (χ0n) is 9.76. The van der Waals surface area contributed by atoms with Crippen LogP contribution in [0.5, 0.6) is 0 Å².